The van der Waals surface area contributed by atoms with Crippen LogP contribution in [0.25, 0.3) is 0 Å². The molecule has 2 unspecified atom stereocenters. The van der Waals surface area contributed by atoms with Gasteiger partial charge in [0, 0.05) is 12.8 Å². The van der Waals surface area contributed by atoms with E-state index in [1.807, 2.05) is 21.1 Å². The Morgan fingerprint density at radius 2 is 0.761 bits per heavy atom. The molecule has 418 valence electrons. The van der Waals surface area contributed by atoms with Crippen LogP contribution in [-0.2, 0) is 32.7 Å². The van der Waals surface area contributed by atoms with Gasteiger partial charge in [-0.15, -0.1) is 0 Å². The number of nitrogens with zero attached hydrogens (tertiary/aromatic N) is 1. The number of rotatable bonds is 56. The maximum atomic E-state index is 12.8. The lowest BCUT2D eigenvalue weighted by atomic mass is 10.0. The van der Waals surface area contributed by atoms with Gasteiger partial charge >= 0.3 is 11.9 Å². The second kappa shape index (κ2) is 53.1. The summed E-state index contributed by atoms with van der Waals surface area (Å²) < 4.78 is 34.1. The molecule has 0 spiro atoms. The van der Waals surface area contributed by atoms with Gasteiger partial charge in [0.25, 0.3) is 7.82 Å². The van der Waals surface area contributed by atoms with E-state index in [0.29, 0.717) is 17.4 Å². The normalized spacial score (nSPS) is 13.5. The van der Waals surface area contributed by atoms with Crippen LogP contribution < -0.4 is 4.89 Å². The average molecular weight is 1020 g/mol. The molecule has 0 rings (SSSR count). The lowest BCUT2D eigenvalue weighted by molar-refractivity contribution is -0.870. The van der Waals surface area contributed by atoms with Gasteiger partial charge in [0.05, 0.1) is 27.7 Å². The molecule has 2 atom stereocenters. The number of quaternary nitrogens is 1. The molecule has 0 aromatic heterocycles. The Labute approximate surface area is 440 Å². The van der Waals surface area contributed by atoms with E-state index in [1.165, 1.54) is 199 Å². The molecular weight excluding hydrogens is 906 g/mol. The smallest absolute Gasteiger partial charge is 0.306 e. The number of likely N-dealkylation sites (N-methyl/N-ethyl adjacent to an activating group) is 1. The molecular formula is C61H116NO8P. The van der Waals surface area contributed by atoms with Crippen molar-refractivity contribution < 1.29 is 42.1 Å². The third-order valence-corrected chi connectivity index (χ3v) is 14.3. The van der Waals surface area contributed by atoms with Crippen LogP contribution in [0.3, 0.4) is 0 Å². The van der Waals surface area contributed by atoms with Gasteiger partial charge in [0.1, 0.15) is 19.8 Å². The van der Waals surface area contributed by atoms with E-state index in [4.69, 9.17) is 18.5 Å². The third kappa shape index (κ3) is 57.4. The summed E-state index contributed by atoms with van der Waals surface area (Å²) in [5, 5.41) is 0. The highest BCUT2D eigenvalue weighted by atomic mass is 31.2. The Hall–Kier alpha value is -1.77. The standard InChI is InChI=1S/C61H116NO8P/c1-6-8-10-12-14-16-18-20-21-22-23-24-25-26-27-28-29-30-31-32-33-34-35-36-37-38-39-40-41-42-44-46-48-50-52-54-61(64)70-59(58-69-71(65,66)68-56-55-62(3,4)5)57-67-60(63)53-51-49-47-45-43-19-17-15-13-11-9-7-2/h15,17-18,20,22-23,59H,6-14,16,19,21,24-58H2,1-5H3/b17-15-,20-18-,23-22-. The van der Waals surface area contributed by atoms with E-state index in [1.54, 1.807) is 0 Å². The molecule has 0 aliphatic rings. The molecule has 9 nitrogen and oxygen atoms in total. The van der Waals surface area contributed by atoms with Crippen molar-refractivity contribution in [3.8, 4) is 0 Å². The third-order valence-electron chi connectivity index (χ3n) is 13.4. The molecule has 0 bridgehead atoms. The van der Waals surface area contributed by atoms with Crippen molar-refractivity contribution in [2.24, 2.45) is 0 Å². The fourth-order valence-corrected chi connectivity index (χ4v) is 9.41. The number of hydrogen-bond acceptors (Lipinski definition) is 8. The summed E-state index contributed by atoms with van der Waals surface area (Å²) in [6, 6.07) is 0. The molecule has 0 N–H and O–H groups in total. The van der Waals surface area contributed by atoms with Crippen molar-refractivity contribution in [1.82, 2.24) is 0 Å². The minimum atomic E-state index is -4.63. The predicted molar refractivity (Wildman–Crippen MR) is 301 cm³/mol. The van der Waals surface area contributed by atoms with Crippen molar-refractivity contribution in [2.45, 2.75) is 296 Å². The summed E-state index contributed by atoms with van der Waals surface area (Å²) in [4.78, 5) is 37.7. The quantitative estimate of drug-likeness (QED) is 0.0195. The van der Waals surface area contributed by atoms with Crippen LogP contribution in [0.5, 0.6) is 0 Å². The minimum Gasteiger partial charge on any atom is -0.756 e. The lowest BCUT2D eigenvalue weighted by Crippen LogP contribution is -2.37. The van der Waals surface area contributed by atoms with Gasteiger partial charge in [-0.1, -0.05) is 243 Å². The van der Waals surface area contributed by atoms with E-state index in [9.17, 15) is 19.0 Å². The van der Waals surface area contributed by atoms with E-state index < -0.39 is 26.5 Å². The van der Waals surface area contributed by atoms with Crippen LogP contribution in [0.4, 0.5) is 0 Å². The fraction of sp³-hybridized carbons (Fsp3) is 0.869. The number of allylic oxidation sites excluding steroid dienone is 6. The number of ether oxygens (including phenoxy) is 2. The molecule has 0 radical (unpaired) electrons. The monoisotopic (exact) mass is 1020 g/mol. The molecule has 71 heavy (non-hydrogen) atoms. The summed E-state index contributed by atoms with van der Waals surface area (Å²) in [6.45, 7) is 4.22. The number of carbonyl (C=O) groups is 2. The molecule has 0 heterocycles. The number of carbonyl (C=O) groups excluding carboxylic acids is 2. The molecule has 0 fully saturated rings. The Bertz CT molecular complexity index is 1300. The molecule has 0 aromatic rings. The van der Waals surface area contributed by atoms with Gasteiger partial charge in [-0.2, -0.15) is 0 Å². The maximum Gasteiger partial charge on any atom is 0.306 e. The summed E-state index contributed by atoms with van der Waals surface area (Å²) >= 11 is 0. The molecule has 0 saturated heterocycles. The second-order valence-corrected chi connectivity index (χ2v) is 23.1. The van der Waals surface area contributed by atoms with Gasteiger partial charge in [0.15, 0.2) is 6.10 Å². The summed E-state index contributed by atoms with van der Waals surface area (Å²) in [7, 11) is 1.17. The molecule has 0 aliphatic heterocycles. The zero-order chi connectivity index (χ0) is 52.0. The predicted octanol–water partition coefficient (Wildman–Crippen LogP) is 18.1. The van der Waals surface area contributed by atoms with Gasteiger partial charge in [-0.05, 0) is 70.6 Å². The van der Waals surface area contributed by atoms with Gasteiger partial charge < -0.3 is 27.9 Å². The number of esters is 2. The first-order valence-corrected chi connectivity index (χ1v) is 31.7. The van der Waals surface area contributed by atoms with E-state index in [0.717, 1.165) is 57.8 Å². The maximum absolute atomic E-state index is 12.8. The first kappa shape index (κ1) is 69.2. The van der Waals surface area contributed by atoms with Crippen LogP contribution in [0, 0.1) is 0 Å². The highest BCUT2D eigenvalue weighted by molar-refractivity contribution is 7.45. The van der Waals surface area contributed by atoms with Crippen LogP contribution in [0.2, 0.25) is 0 Å². The molecule has 0 aromatic carbocycles. The number of phosphoric acid groups is 1. The largest absolute Gasteiger partial charge is 0.756 e. The van der Waals surface area contributed by atoms with Crippen molar-refractivity contribution in [1.29, 1.82) is 0 Å². The van der Waals surface area contributed by atoms with E-state index in [2.05, 4.69) is 50.3 Å². The van der Waals surface area contributed by atoms with Gasteiger partial charge in [-0.3, -0.25) is 14.2 Å². The first-order chi connectivity index (χ1) is 34.5. The fourth-order valence-electron chi connectivity index (χ4n) is 8.68. The Morgan fingerprint density at radius 3 is 1.15 bits per heavy atom. The Kier molecular flexibility index (Phi) is 51.7. The highest BCUT2D eigenvalue weighted by Crippen LogP contribution is 2.38. The SMILES string of the molecule is CCCCC/C=C\CCCCCCCC(=O)OCC(COP(=O)([O-])OCC[N+](C)(C)C)OC(=O)CCCCCCCCCCCCCCCCCCCCCCCCC/C=C\C/C=C\CCCCCCC. The Morgan fingerprint density at radius 1 is 0.437 bits per heavy atom. The topological polar surface area (TPSA) is 111 Å². The second-order valence-electron chi connectivity index (χ2n) is 21.7. The van der Waals surface area contributed by atoms with Crippen LogP contribution in [0.15, 0.2) is 36.5 Å². The van der Waals surface area contributed by atoms with Crippen LogP contribution in [-0.4, -0.2) is 70.0 Å². The van der Waals surface area contributed by atoms with Gasteiger partial charge in [0.2, 0.25) is 0 Å². The summed E-state index contributed by atoms with van der Waals surface area (Å²) in [5.41, 5.74) is 0. The van der Waals surface area contributed by atoms with Crippen LogP contribution in [0.1, 0.15) is 290 Å². The molecule has 0 saturated carbocycles. The zero-order valence-electron chi connectivity index (χ0n) is 47.4. The van der Waals surface area contributed by atoms with Gasteiger partial charge in [-0.25, -0.2) is 0 Å². The molecule has 0 aliphatic carbocycles. The highest BCUT2D eigenvalue weighted by Gasteiger charge is 2.22. The lowest BCUT2D eigenvalue weighted by Gasteiger charge is -2.28. The van der Waals surface area contributed by atoms with E-state index in [-0.39, 0.29) is 32.0 Å². The van der Waals surface area contributed by atoms with Crippen LogP contribution >= 0.6 is 7.82 Å². The van der Waals surface area contributed by atoms with Crippen molar-refractivity contribution in [3.05, 3.63) is 36.5 Å². The van der Waals surface area contributed by atoms with Crippen molar-refractivity contribution in [3.63, 3.8) is 0 Å². The van der Waals surface area contributed by atoms with E-state index >= 15 is 0 Å². The number of unbranched alkanes of at least 4 members (excludes halogenated alkanes) is 36. The summed E-state index contributed by atoms with van der Waals surface area (Å²) in [5.74, 6) is -0.832. The molecule has 0 amide bonds. The first-order valence-electron chi connectivity index (χ1n) is 30.2. The minimum absolute atomic E-state index is 0.0301. The summed E-state index contributed by atoms with van der Waals surface area (Å²) in [6.07, 6.45) is 65.1. The average Bonchev–Trinajstić information content (AvgIpc) is 3.33. The molecule has 10 heteroatoms. The van der Waals surface area contributed by atoms with Crippen molar-refractivity contribution in [2.75, 3.05) is 47.5 Å². The van der Waals surface area contributed by atoms with Crippen molar-refractivity contribution >= 4 is 19.8 Å². The zero-order valence-corrected chi connectivity index (χ0v) is 48.3. The Balaban J connectivity index is 3.92. The number of phosphoric ester groups is 1. The number of hydrogen-bond donors (Lipinski definition) is 0.